The molecular weight excluding hydrogens is 1180 g/mol. The molecule has 2 fully saturated rings. The summed E-state index contributed by atoms with van der Waals surface area (Å²) < 4.78 is 0. The molecule has 0 spiro atoms. The van der Waals surface area contributed by atoms with Crippen LogP contribution < -0.4 is 32.7 Å². The Morgan fingerprint density at radius 3 is 1.39 bits per heavy atom. The molecule has 0 radical (unpaired) electrons. The van der Waals surface area contributed by atoms with Gasteiger partial charge in [-0.25, -0.2) is 0 Å². The number of unbranched alkanes of at least 4 members (excludes halogenated alkanes) is 2. The van der Waals surface area contributed by atoms with Gasteiger partial charge in [-0.2, -0.15) is 11.8 Å². The van der Waals surface area contributed by atoms with E-state index in [0.717, 1.165) is 66.3 Å². The van der Waals surface area contributed by atoms with E-state index in [1.165, 1.54) is 31.4 Å². The van der Waals surface area contributed by atoms with Gasteiger partial charge in [0.15, 0.2) is 0 Å². The van der Waals surface area contributed by atoms with Gasteiger partial charge in [0.25, 0.3) is 5.91 Å². The molecule has 2 bridgehead atoms. The van der Waals surface area contributed by atoms with Crippen molar-refractivity contribution in [1.82, 2.24) is 40.9 Å². The van der Waals surface area contributed by atoms with Gasteiger partial charge in [0.1, 0.15) is 0 Å². The molecule has 490 valence electrons. The van der Waals surface area contributed by atoms with E-state index >= 15 is 0 Å². The number of thioether (sulfide) groups is 1. The third-order valence-corrected chi connectivity index (χ3v) is 18.0. The number of benzene rings is 5. The predicted molar refractivity (Wildman–Crippen MR) is 357 cm³/mol. The fourth-order valence-electron chi connectivity index (χ4n) is 11.7. The van der Waals surface area contributed by atoms with E-state index < -0.39 is 60.9 Å². The Balaban J connectivity index is 1.13. The van der Waals surface area contributed by atoms with Crippen molar-refractivity contribution >= 4 is 64.9 Å². The summed E-state index contributed by atoms with van der Waals surface area (Å²) in [5, 5.41) is 12.7. The first-order chi connectivity index (χ1) is 44.6. The van der Waals surface area contributed by atoms with Crippen LogP contribution in [0.4, 0.5) is 0 Å². The lowest BCUT2D eigenvalue weighted by molar-refractivity contribution is -0.139. The molecule has 19 nitrogen and oxygen atoms in total. The van der Waals surface area contributed by atoms with Crippen LogP contribution in [0.1, 0.15) is 115 Å². The number of amides is 9. The zero-order valence-electron chi connectivity index (χ0n) is 52.9. The monoisotopic (exact) mass is 1270 g/mol. The lowest BCUT2D eigenvalue weighted by Gasteiger charge is -2.32. The van der Waals surface area contributed by atoms with Crippen molar-refractivity contribution in [2.75, 3.05) is 64.7 Å². The third kappa shape index (κ3) is 25.0. The molecule has 5 aromatic rings. The molecule has 4 aliphatic rings. The minimum absolute atomic E-state index is 0.0290. The topological polar surface area (TPSA) is 267 Å². The number of rotatable bonds is 20. The second-order valence-corrected chi connectivity index (χ2v) is 26.1. The van der Waals surface area contributed by atoms with Gasteiger partial charge in [0.2, 0.25) is 47.3 Å². The Hall–Kier alpha value is -8.36. The number of hydrogen-bond donors (Lipinski definition) is 6. The SMILES string of the molecule is NCCCCC[C@H]1CN(C(=O)CCc2ccccc2)CC(=O)N[C@@H](Cc2ccccc2)CN(CC(N)=O)C(=O)CCSCc2ccc(cc2)C(=O)N[C@@H](Cc2ccccc2)CN(C(=O)CC2CC2)CC(=O)N[C@@H](Cc2ccccc2)CN(C(=O)CC2CC2)CC(=O)N1. The highest BCUT2D eigenvalue weighted by atomic mass is 32.2. The summed E-state index contributed by atoms with van der Waals surface area (Å²) in [6.45, 7) is -1.16. The minimum Gasteiger partial charge on any atom is -0.368 e. The Morgan fingerprint density at radius 1 is 0.489 bits per heavy atom. The van der Waals surface area contributed by atoms with Gasteiger partial charge in [0, 0.05) is 75.0 Å². The highest BCUT2D eigenvalue weighted by molar-refractivity contribution is 7.98. The Morgan fingerprint density at radius 2 is 0.924 bits per heavy atom. The number of aryl methyl sites for hydroxylation is 1. The number of primary amides is 1. The van der Waals surface area contributed by atoms with Crippen LogP contribution in [0.3, 0.4) is 0 Å². The van der Waals surface area contributed by atoms with Gasteiger partial charge in [-0.3, -0.25) is 43.2 Å². The van der Waals surface area contributed by atoms with E-state index in [0.29, 0.717) is 55.7 Å². The number of hydrogen-bond acceptors (Lipinski definition) is 11. The van der Waals surface area contributed by atoms with Crippen molar-refractivity contribution in [3.63, 3.8) is 0 Å². The van der Waals surface area contributed by atoms with Crippen LogP contribution in [0, 0.1) is 11.8 Å². The van der Waals surface area contributed by atoms with Crippen molar-refractivity contribution < 1.29 is 43.2 Å². The zero-order valence-corrected chi connectivity index (χ0v) is 53.8. The first-order valence-corrected chi connectivity index (χ1v) is 33.9. The van der Waals surface area contributed by atoms with Gasteiger partial charge in [-0.15, -0.1) is 0 Å². The molecule has 20 heteroatoms. The van der Waals surface area contributed by atoms with Gasteiger partial charge >= 0.3 is 0 Å². The Labute approximate surface area is 545 Å². The van der Waals surface area contributed by atoms with Crippen molar-refractivity contribution in [1.29, 1.82) is 0 Å². The minimum atomic E-state index is -0.726. The van der Waals surface area contributed by atoms with E-state index in [1.54, 1.807) is 12.1 Å². The molecule has 92 heavy (non-hydrogen) atoms. The molecule has 9 rings (SSSR count). The van der Waals surface area contributed by atoms with Gasteiger partial charge in [-0.05, 0) is 123 Å². The Kier molecular flexibility index (Phi) is 27.7. The summed E-state index contributed by atoms with van der Waals surface area (Å²) in [4.78, 5) is 135. The van der Waals surface area contributed by atoms with Gasteiger partial charge in [0.05, 0.1) is 44.3 Å². The molecular formula is C72H92N10O9S. The number of nitrogens with two attached hydrogens (primary N) is 2. The molecule has 2 saturated carbocycles. The standard InChI is InChI=1S/C72H92N10O9S/c73-36-15-5-14-24-60-43-80(68(87)34-31-52-16-6-1-7-17-52)48-66(85)76-61(38-53-18-8-2-9-19-53)44-79(47-64(74)83)69(88)35-37-92-51-58-29-32-59(33-30-58)72(91)78-63(40-55-22-12-4-13-23-55)46-82(71(90)42-57-27-28-57)50-67(86)77-62(39-54-20-10-3-11-21-54)45-81(49-65(84)75-60)70(89)41-56-25-26-56/h1-4,6-13,16-23,29-30,32-33,56-57,60-63H,5,14-15,24-28,31,34-51,73H2,(H2,74,83)(H,75,84)(H,76,85)(H,77,86)(H,78,91)/t60-,61-,62-,63-/m0/s1. The highest BCUT2D eigenvalue weighted by Gasteiger charge is 2.34. The van der Waals surface area contributed by atoms with E-state index in [9.17, 15) is 43.2 Å². The van der Waals surface area contributed by atoms with E-state index in [2.05, 4.69) is 21.3 Å². The summed E-state index contributed by atoms with van der Waals surface area (Å²) in [6, 6.07) is 42.6. The third-order valence-electron chi connectivity index (χ3n) is 16.9. The van der Waals surface area contributed by atoms with Gasteiger partial charge in [-0.1, -0.05) is 146 Å². The van der Waals surface area contributed by atoms with E-state index in [-0.39, 0.29) is 113 Å². The number of carbonyl (C=O) groups excluding carboxylic acids is 9. The largest absolute Gasteiger partial charge is 0.368 e. The quantitative estimate of drug-likeness (QED) is 0.0380. The average Bonchev–Trinajstić information content (AvgIpc) is 3.16. The Bertz CT molecular complexity index is 3190. The fourth-order valence-corrected chi connectivity index (χ4v) is 12.6. The number of fused-ring (bicyclic) bond motifs is 29. The normalized spacial score (nSPS) is 20.0. The second-order valence-electron chi connectivity index (χ2n) is 25.0. The summed E-state index contributed by atoms with van der Waals surface area (Å²) in [5.41, 5.74) is 16.6. The van der Waals surface area contributed by atoms with E-state index in [4.69, 9.17) is 11.5 Å². The lowest BCUT2D eigenvalue weighted by atomic mass is 10.0. The summed E-state index contributed by atoms with van der Waals surface area (Å²) >= 11 is 1.50. The molecule has 2 aliphatic carbocycles. The predicted octanol–water partition coefficient (Wildman–Crippen LogP) is 6.16. The maximum atomic E-state index is 14.8. The van der Waals surface area contributed by atoms with Crippen molar-refractivity contribution in [2.24, 2.45) is 23.3 Å². The maximum absolute atomic E-state index is 14.8. The van der Waals surface area contributed by atoms with Crippen LogP contribution in [0.25, 0.3) is 0 Å². The molecule has 0 aromatic heterocycles. The summed E-state index contributed by atoms with van der Waals surface area (Å²) in [7, 11) is 0. The molecule has 4 atom stereocenters. The molecule has 8 N–H and O–H groups in total. The average molecular weight is 1270 g/mol. The first kappa shape index (κ1) is 69.5. The van der Waals surface area contributed by atoms with Crippen molar-refractivity contribution in [3.05, 3.63) is 179 Å². The molecule has 2 heterocycles. The number of nitrogens with one attached hydrogen (secondary N) is 4. The first-order valence-electron chi connectivity index (χ1n) is 32.7. The molecule has 2 aliphatic heterocycles. The maximum Gasteiger partial charge on any atom is 0.251 e. The fraction of sp³-hybridized carbons (Fsp3) is 0.458. The summed E-state index contributed by atoms with van der Waals surface area (Å²) in [5.74, 6) is -2.44. The molecule has 9 amide bonds. The number of nitrogens with zero attached hydrogens (tertiary/aromatic N) is 4. The number of carbonyl (C=O) groups is 9. The zero-order chi connectivity index (χ0) is 65.0. The van der Waals surface area contributed by atoms with Crippen LogP contribution in [0.5, 0.6) is 0 Å². The van der Waals surface area contributed by atoms with Crippen LogP contribution in [-0.2, 0) is 69.8 Å². The van der Waals surface area contributed by atoms with E-state index in [1.807, 2.05) is 133 Å². The highest BCUT2D eigenvalue weighted by Crippen LogP contribution is 2.34. The molecule has 0 unspecified atom stereocenters. The smallest absolute Gasteiger partial charge is 0.251 e. The van der Waals surface area contributed by atoms with Gasteiger partial charge < -0.3 is 52.3 Å². The molecule has 5 aromatic carbocycles. The van der Waals surface area contributed by atoms with Crippen LogP contribution in [-0.4, -0.2) is 162 Å². The second kappa shape index (κ2) is 36.6. The van der Waals surface area contributed by atoms with Crippen LogP contribution in [0.15, 0.2) is 146 Å². The van der Waals surface area contributed by atoms with Crippen molar-refractivity contribution in [2.45, 2.75) is 133 Å². The summed E-state index contributed by atoms with van der Waals surface area (Å²) in [6.07, 6.45) is 7.95. The molecule has 0 saturated heterocycles. The lowest BCUT2D eigenvalue weighted by Crippen LogP contribution is -2.55. The van der Waals surface area contributed by atoms with Crippen LogP contribution in [0.2, 0.25) is 0 Å². The van der Waals surface area contributed by atoms with Crippen molar-refractivity contribution in [3.8, 4) is 0 Å². The van der Waals surface area contributed by atoms with Crippen LogP contribution >= 0.6 is 11.8 Å².